The Kier molecular flexibility index (Phi) is 1.68. The highest BCUT2D eigenvalue weighted by molar-refractivity contribution is 5.89. The van der Waals surface area contributed by atoms with Crippen molar-refractivity contribution in [2.45, 2.75) is 13.8 Å². The standard InChI is InChI=1S/C10H10N4/c1-5-3-7-8(4-11)9(12)14-10(7)13-6(5)2/h3H,12H2,1-2H3,(H,13,14). The topological polar surface area (TPSA) is 78.5 Å². The summed E-state index contributed by atoms with van der Waals surface area (Å²) in [6, 6.07) is 4.00. The minimum atomic E-state index is 0.389. The number of aromatic amines is 1. The number of hydrogen-bond donors (Lipinski definition) is 2. The quantitative estimate of drug-likeness (QED) is 0.656. The molecule has 0 radical (unpaired) electrons. The number of nitrogen functional groups attached to an aromatic ring is 1. The Morgan fingerprint density at radius 1 is 1.50 bits per heavy atom. The fourth-order valence-corrected chi connectivity index (χ4v) is 1.45. The molecule has 0 aliphatic rings. The predicted molar refractivity (Wildman–Crippen MR) is 54.7 cm³/mol. The van der Waals surface area contributed by atoms with Crippen molar-refractivity contribution >= 4 is 16.9 Å². The number of anilines is 1. The molecule has 0 aliphatic heterocycles. The van der Waals surface area contributed by atoms with Gasteiger partial charge in [0.1, 0.15) is 23.1 Å². The number of nitriles is 1. The van der Waals surface area contributed by atoms with Crippen molar-refractivity contribution in [2.24, 2.45) is 0 Å². The van der Waals surface area contributed by atoms with E-state index in [-0.39, 0.29) is 0 Å². The first-order chi connectivity index (χ1) is 6.63. The molecule has 0 aromatic carbocycles. The van der Waals surface area contributed by atoms with Gasteiger partial charge in [0.2, 0.25) is 0 Å². The summed E-state index contributed by atoms with van der Waals surface area (Å²) < 4.78 is 0. The second-order valence-corrected chi connectivity index (χ2v) is 3.31. The largest absolute Gasteiger partial charge is 0.384 e. The van der Waals surface area contributed by atoms with E-state index in [0.717, 1.165) is 16.6 Å². The minimum absolute atomic E-state index is 0.389. The first kappa shape index (κ1) is 8.57. The van der Waals surface area contributed by atoms with Gasteiger partial charge in [-0.3, -0.25) is 0 Å². The fraction of sp³-hybridized carbons (Fsp3) is 0.200. The van der Waals surface area contributed by atoms with E-state index in [0.29, 0.717) is 17.0 Å². The monoisotopic (exact) mass is 186 g/mol. The molecule has 0 saturated carbocycles. The van der Waals surface area contributed by atoms with Crippen LogP contribution in [0, 0.1) is 25.2 Å². The van der Waals surface area contributed by atoms with Gasteiger partial charge in [-0.1, -0.05) is 0 Å². The number of fused-ring (bicyclic) bond motifs is 1. The minimum Gasteiger partial charge on any atom is -0.384 e. The Bertz CT molecular complexity index is 545. The van der Waals surface area contributed by atoms with Crippen LogP contribution in [0.25, 0.3) is 11.0 Å². The van der Waals surface area contributed by atoms with Gasteiger partial charge in [0.05, 0.1) is 0 Å². The average Bonchev–Trinajstić information content (AvgIpc) is 2.42. The van der Waals surface area contributed by atoms with Gasteiger partial charge in [0.15, 0.2) is 0 Å². The van der Waals surface area contributed by atoms with Crippen LogP contribution in [-0.4, -0.2) is 9.97 Å². The van der Waals surface area contributed by atoms with E-state index in [1.165, 1.54) is 0 Å². The van der Waals surface area contributed by atoms with E-state index in [1.54, 1.807) is 0 Å². The zero-order chi connectivity index (χ0) is 10.3. The molecule has 0 unspecified atom stereocenters. The van der Waals surface area contributed by atoms with Crippen molar-refractivity contribution in [3.63, 3.8) is 0 Å². The number of nitrogens with one attached hydrogen (secondary N) is 1. The summed E-state index contributed by atoms with van der Waals surface area (Å²) in [4.78, 5) is 7.21. The summed E-state index contributed by atoms with van der Waals surface area (Å²) in [6.07, 6.45) is 0. The number of nitrogens with two attached hydrogens (primary N) is 1. The molecule has 4 nitrogen and oxygen atoms in total. The van der Waals surface area contributed by atoms with Gasteiger partial charge in [-0.25, -0.2) is 4.98 Å². The van der Waals surface area contributed by atoms with Crippen LogP contribution in [0.5, 0.6) is 0 Å². The van der Waals surface area contributed by atoms with Crippen molar-refractivity contribution in [1.29, 1.82) is 5.26 Å². The van der Waals surface area contributed by atoms with E-state index < -0.39 is 0 Å². The maximum atomic E-state index is 8.89. The maximum Gasteiger partial charge on any atom is 0.140 e. The number of H-pyrrole nitrogens is 1. The van der Waals surface area contributed by atoms with Gasteiger partial charge in [-0.15, -0.1) is 0 Å². The Balaban J connectivity index is 2.91. The normalized spacial score (nSPS) is 10.4. The van der Waals surface area contributed by atoms with Crippen molar-refractivity contribution < 1.29 is 0 Å². The lowest BCUT2D eigenvalue weighted by Crippen LogP contribution is -1.87. The zero-order valence-electron chi connectivity index (χ0n) is 8.05. The van der Waals surface area contributed by atoms with Gasteiger partial charge < -0.3 is 10.7 Å². The second kappa shape index (κ2) is 2.74. The molecule has 3 N–H and O–H groups in total. The predicted octanol–water partition coefficient (Wildman–Crippen LogP) is 1.63. The van der Waals surface area contributed by atoms with Gasteiger partial charge in [0.25, 0.3) is 0 Å². The van der Waals surface area contributed by atoms with Crippen LogP contribution in [0.3, 0.4) is 0 Å². The summed E-state index contributed by atoms with van der Waals surface area (Å²) >= 11 is 0. The molecule has 14 heavy (non-hydrogen) atoms. The number of aromatic nitrogens is 2. The summed E-state index contributed by atoms with van der Waals surface area (Å²) in [5.74, 6) is 0.389. The SMILES string of the molecule is Cc1cc2c(C#N)c(N)[nH]c2nc1C. The summed E-state index contributed by atoms with van der Waals surface area (Å²) in [7, 11) is 0. The van der Waals surface area contributed by atoms with Crippen molar-refractivity contribution in [3.8, 4) is 6.07 Å². The molecule has 2 aromatic rings. The Hall–Kier alpha value is -2.02. The third-order valence-electron chi connectivity index (χ3n) is 2.37. The summed E-state index contributed by atoms with van der Waals surface area (Å²) in [6.45, 7) is 3.89. The van der Waals surface area contributed by atoms with Gasteiger partial charge in [-0.05, 0) is 25.5 Å². The fourth-order valence-electron chi connectivity index (χ4n) is 1.45. The van der Waals surface area contributed by atoms with Crippen molar-refractivity contribution in [3.05, 3.63) is 22.9 Å². The third-order valence-corrected chi connectivity index (χ3v) is 2.37. The Labute approximate surface area is 81.4 Å². The molecule has 2 rings (SSSR count). The number of pyridine rings is 1. The molecule has 0 aliphatic carbocycles. The maximum absolute atomic E-state index is 8.89. The lowest BCUT2D eigenvalue weighted by Gasteiger charge is -1.97. The molecule has 0 spiro atoms. The molecule has 2 heterocycles. The van der Waals surface area contributed by atoms with Crippen LogP contribution in [0.1, 0.15) is 16.8 Å². The first-order valence-corrected chi connectivity index (χ1v) is 4.29. The Morgan fingerprint density at radius 2 is 2.21 bits per heavy atom. The van der Waals surface area contributed by atoms with Crippen LogP contribution < -0.4 is 5.73 Å². The summed E-state index contributed by atoms with van der Waals surface area (Å²) in [5.41, 5.74) is 8.82. The number of nitrogens with zero attached hydrogens (tertiary/aromatic N) is 2. The van der Waals surface area contributed by atoms with Gasteiger partial charge in [0, 0.05) is 11.1 Å². The highest BCUT2D eigenvalue weighted by Gasteiger charge is 2.10. The smallest absolute Gasteiger partial charge is 0.140 e. The molecule has 0 bridgehead atoms. The lowest BCUT2D eigenvalue weighted by molar-refractivity contribution is 1.18. The first-order valence-electron chi connectivity index (χ1n) is 4.29. The number of hydrogen-bond acceptors (Lipinski definition) is 3. The highest BCUT2D eigenvalue weighted by Crippen LogP contribution is 2.23. The average molecular weight is 186 g/mol. The third kappa shape index (κ3) is 1.03. The molecule has 70 valence electrons. The Morgan fingerprint density at radius 3 is 2.86 bits per heavy atom. The van der Waals surface area contributed by atoms with Gasteiger partial charge >= 0.3 is 0 Å². The van der Waals surface area contributed by atoms with Crippen LogP contribution in [0.4, 0.5) is 5.82 Å². The van der Waals surface area contributed by atoms with Crippen LogP contribution in [-0.2, 0) is 0 Å². The number of rotatable bonds is 0. The van der Waals surface area contributed by atoms with Crippen molar-refractivity contribution in [2.75, 3.05) is 5.73 Å². The van der Waals surface area contributed by atoms with Crippen molar-refractivity contribution in [1.82, 2.24) is 9.97 Å². The molecular formula is C10H10N4. The van der Waals surface area contributed by atoms with Gasteiger partial charge in [-0.2, -0.15) is 5.26 Å². The van der Waals surface area contributed by atoms with E-state index in [9.17, 15) is 0 Å². The van der Waals surface area contributed by atoms with E-state index >= 15 is 0 Å². The van der Waals surface area contributed by atoms with E-state index in [1.807, 2.05) is 19.9 Å². The molecule has 0 fully saturated rings. The number of aryl methyl sites for hydroxylation is 2. The molecule has 0 atom stereocenters. The lowest BCUT2D eigenvalue weighted by atomic mass is 10.1. The summed E-state index contributed by atoms with van der Waals surface area (Å²) in [5, 5.41) is 9.69. The molecule has 2 aromatic heterocycles. The molecular weight excluding hydrogens is 176 g/mol. The van der Waals surface area contributed by atoms with E-state index in [4.69, 9.17) is 11.0 Å². The second-order valence-electron chi connectivity index (χ2n) is 3.31. The zero-order valence-corrected chi connectivity index (χ0v) is 8.05. The molecule has 0 saturated heterocycles. The van der Waals surface area contributed by atoms with Crippen LogP contribution in [0.15, 0.2) is 6.07 Å². The van der Waals surface area contributed by atoms with E-state index in [2.05, 4.69) is 16.0 Å². The van der Waals surface area contributed by atoms with Crippen LogP contribution in [0.2, 0.25) is 0 Å². The van der Waals surface area contributed by atoms with Crippen LogP contribution >= 0.6 is 0 Å². The molecule has 4 heteroatoms. The molecule has 0 amide bonds. The highest BCUT2D eigenvalue weighted by atomic mass is 14.9.